The van der Waals surface area contributed by atoms with Crippen molar-refractivity contribution in [2.24, 2.45) is 0 Å². The van der Waals surface area contributed by atoms with Crippen LogP contribution in [0.15, 0.2) is 18.2 Å². The molecule has 0 saturated heterocycles. The molecule has 0 nitrogen and oxygen atoms in total. The van der Waals surface area contributed by atoms with E-state index in [1.54, 1.807) is 11.1 Å². The van der Waals surface area contributed by atoms with Crippen LogP contribution in [0.1, 0.15) is 42.4 Å². The van der Waals surface area contributed by atoms with Gasteiger partial charge in [-0.3, -0.25) is 0 Å². The zero-order valence-corrected chi connectivity index (χ0v) is 7.39. The van der Waals surface area contributed by atoms with E-state index >= 15 is 0 Å². The molecule has 0 spiro atoms. The van der Waals surface area contributed by atoms with E-state index in [1.165, 1.54) is 5.56 Å². The van der Waals surface area contributed by atoms with Crippen molar-refractivity contribution in [1.82, 2.24) is 0 Å². The Morgan fingerprint density at radius 1 is 1.09 bits per heavy atom. The van der Waals surface area contributed by atoms with Gasteiger partial charge in [-0.2, -0.15) is 0 Å². The zero-order chi connectivity index (χ0) is 8.01. The van der Waals surface area contributed by atoms with Crippen LogP contribution in [0, 0.1) is 6.92 Å². The molecule has 2 atom stereocenters. The van der Waals surface area contributed by atoms with E-state index in [-0.39, 0.29) is 0 Å². The maximum atomic E-state index is 2.32. The van der Waals surface area contributed by atoms with Crippen LogP contribution in [0.4, 0.5) is 0 Å². The molecular weight excluding hydrogens is 132 g/mol. The summed E-state index contributed by atoms with van der Waals surface area (Å²) in [5, 5.41) is 0. The molecule has 0 fully saturated rings. The zero-order valence-electron chi connectivity index (χ0n) is 7.39. The highest BCUT2D eigenvalue weighted by atomic mass is 14.3. The van der Waals surface area contributed by atoms with Gasteiger partial charge in [0.15, 0.2) is 0 Å². The molecule has 0 bridgehead atoms. The minimum Gasteiger partial charge on any atom is -0.0617 e. The highest BCUT2D eigenvalue weighted by molar-refractivity contribution is 5.48. The Morgan fingerprint density at radius 2 is 1.82 bits per heavy atom. The second-order valence-corrected chi connectivity index (χ2v) is 3.66. The van der Waals surface area contributed by atoms with Crippen molar-refractivity contribution < 1.29 is 0 Å². The molecule has 58 valence electrons. The lowest BCUT2D eigenvalue weighted by atomic mass is 9.68. The molecule has 0 N–H and O–H groups in total. The van der Waals surface area contributed by atoms with Gasteiger partial charge in [-0.25, -0.2) is 0 Å². The van der Waals surface area contributed by atoms with Crippen molar-refractivity contribution in [2.45, 2.75) is 32.6 Å². The van der Waals surface area contributed by atoms with Crippen molar-refractivity contribution >= 4 is 0 Å². The smallest absolute Gasteiger partial charge is 0.0119 e. The van der Waals surface area contributed by atoms with Gasteiger partial charge in [-0.1, -0.05) is 32.0 Å². The van der Waals surface area contributed by atoms with Crippen LogP contribution in [0.25, 0.3) is 0 Å². The second-order valence-electron chi connectivity index (χ2n) is 3.66. The van der Waals surface area contributed by atoms with Gasteiger partial charge >= 0.3 is 0 Å². The van der Waals surface area contributed by atoms with Crippen LogP contribution in [-0.2, 0) is 0 Å². The maximum absolute atomic E-state index is 2.32. The summed E-state index contributed by atoms with van der Waals surface area (Å²) >= 11 is 0. The fraction of sp³-hybridized carbons (Fsp3) is 0.455. The van der Waals surface area contributed by atoms with Gasteiger partial charge in [0.05, 0.1) is 0 Å². The second kappa shape index (κ2) is 2.10. The average molecular weight is 146 g/mol. The first-order valence-corrected chi connectivity index (χ1v) is 4.31. The topological polar surface area (TPSA) is 0 Å². The predicted octanol–water partition coefficient (Wildman–Crippen LogP) is 3.22. The largest absolute Gasteiger partial charge is 0.0617 e. The van der Waals surface area contributed by atoms with Gasteiger partial charge in [0.2, 0.25) is 0 Å². The molecule has 0 radical (unpaired) electrons. The third kappa shape index (κ3) is 0.756. The Labute approximate surface area is 68.3 Å². The van der Waals surface area contributed by atoms with Gasteiger partial charge < -0.3 is 0 Å². The maximum Gasteiger partial charge on any atom is -0.0119 e. The lowest BCUT2D eigenvalue weighted by Gasteiger charge is -2.36. The van der Waals surface area contributed by atoms with Crippen molar-refractivity contribution in [1.29, 1.82) is 0 Å². The van der Waals surface area contributed by atoms with Crippen molar-refractivity contribution in [3.8, 4) is 0 Å². The van der Waals surface area contributed by atoms with E-state index in [0.717, 1.165) is 11.8 Å². The van der Waals surface area contributed by atoms with Crippen LogP contribution in [0.2, 0.25) is 0 Å². The molecule has 1 aliphatic carbocycles. The first kappa shape index (κ1) is 6.90. The van der Waals surface area contributed by atoms with Gasteiger partial charge in [0, 0.05) is 0 Å². The molecule has 2 rings (SSSR count). The number of benzene rings is 1. The Balaban J connectivity index is 2.57. The predicted molar refractivity (Wildman–Crippen MR) is 48.0 cm³/mol. The molecule has 1 aliphatic rings. The lowest BCUT2D eigenvalue weighted by molar-refractivity contribution is 0.538. The molecular formula is C11H14. The third-order valence-electron chi connectivity index (χ3n) is 3.05. The summed E-state index contributed by atoms with van der Waals surface area (Å²) in [5.41, 5.74) is 4.63. The van der Waals surface area contributed by atoms with E-state index in [0.29, 0.717) is 0 Å². The molecule has 0 heterocycles. The molecule has 1 aromatic rings. The highest BCUT2D eigenvalue weighted by Gasteiger charge is 2.31. The van der Waals surface area contributed by atoms with E-state index in [4.69, 9.17) is 0 Å². The van der Waals surface area contributed by atoms with Gasteiger partial charge in [0.1, 0.15) is 0 Å². The van der Waals surface area contributed by atoms with Crippen molar-refractivity contribution in [3.05, 3.63) is 34.9 Å². The number of aryl methyl sites for hydroxylation is 1. The number of hydrogen-bond donors (Lipinski definition) is 0. The molecule has 0 aliphatic heterocycles. The third-order valence-corrected chi connectivity index (χ3v) is 3.05. The summed E-state index contributed by atoms with van der Waals surface area (Å²) in [5.74, 6) is 1.57. The summed E-state index contributed by atoms with van der Waals surface area (Å²) in [6.45, 7) is 6.84. The van der Waals surface area contributed by atoms with Crippen LogP contribution in [0.5, 0.6) is 0 Å². The number of fused-ring (bicyclic) bond motifs is 1. The van der Waals surface area contributed by atoms with Crippen LogP contribution < -0.4 is 0 Å². The first-order valence-electron chi connectivity index (χ1n) is 4.31. The van der Waals surface area contributed by atoms with Gasteiger partial charge in [-0.05, 0) is 35.4 Å². The summed E-state index contributed by atoms with van der Waals surface area (Å²) in [4.78, 5) is 0. The first-order chi connectivity index (χ1) is 5.22. The van der Waals surface area contributed by atoms with Gasteiger partial charge in [-0.15, -0.1) is 0 Å². The Hall–Kier alpha value is -0.780. The minimum atomic E-state index is 0.782. The Morgan fingerprint density at radius 3 is 2.45 bits per heavy atom. The average Bonchev–Trinajstić information content (AvgIpc) is 2.03. The standard InChI is InChI=1S/C11H14/c1-7-5-4-6-10-8(2)9(3)11(7)10/h4-6,8-9H,1-3H3. The molecule has 0 heteroatoms. The summed E-state index contributed by atoms with van der Waals surface area (Å²) < 4.78 is 0. The normalized spacial score (nSPS) is 27.5. The number of hydrogen-bond acceptors (Lipinski definition) is 0. The summed E-state index contributed by atoms with van der Waals surface area (Å²) in [6.07, 6.45) is 0. The monoisotopic (exact) mass is 146 g/mol. The number of rotatable bonds is 0. The van der Waals surface area contributed by atoms with Crippen LogP contribution in [-0.4, -0.2) is 0 Å². The van der Waals surface area contributed by atoms with Crippen molar-refractivity contribution in [2.75, 3.05) is 0 Å². The van der Waals surface area contributed by atoms with Gasteiger partial charge in [0.25, 0.3) is 0 Å². The van der Waals surface area contributed by atoms with Crippen LogP contribution >= 0.6 is 0 Å². The molecule has 11 heavy (non-hydrogen) atoms. The van der Waals surface area contributed by atoms with E-state index < -0.39 is 0 Å². The fourth-order valence-corrected chi connectivity index (χ4v) is 2.15. The van der Waals surface area contributed by atoms with E-state index in [1.807, 2.05) is 0 Å². The van der Waals surface area contributed by atoms with E-state index in [2.05, 4.69) is 39.0 Å². The van der Waals surface area contributed by atoms with E-state index in [9.17, 15) is 0 Å². The Bertz CT molecular complexity index is 286. The SMILES string of the molecule is Cc1cccc2c1C(C)C2C. The molecule has 2 unspecified atom stereocenters. The fourth-order valence-electron chi connectivity index (χ4n) is 2.15. The highest BCUT2D eigenvalue weighted by Crippen LogP contribution is 2.47. The summed E-state index contributed by atoms with van der Waals surface area (Å²) in [6, 6.07) is 6.63. The molecule has 0 aromatic heterocycles. The van der Waals surface area contributed by atoms with Crippen LogP contribution in [0.3, 0.4) is 0 Å². The minimum absolute atomic E-state index is 0.782. The molecule has 0 amide bonds. The quantitative estimate of drug-likeness (QED) is 0.527. The molecule has 0 saturated carbocycles. The Kier molecular flexibility index (Phi) is 1.32. The van der Waals surface area contributed by atoms with Crippen molar-refractivity contribution in [3.63, 3.8) is 0 Å². The lowest BCUT2D eigenvalue weighted by Crippen LogP contribution is -2.20. The summed E-state index contributed by atoms with van der Waals surface area (Å²) in [7, 11) is 0. The molecule has 1 aromatic carbocycles.